The van der Waals surface area contributed by atoms with Gasteiger partial charge in [-0.3, -0.25) is 4.79 Å². The zero-order valence-corrected chi connectivity index (χ0v) is 12.9. The Morgan fingerprint density at radius 3 is 3.00 bits per heavy atom. The summed E-state index contributed by atoms with van der Waals surface area (Å²) in [5.74, 6) is -0.0589. The molecule has 0 saturated carbocycles. The highest BCUT2D eigenvalue weighted by Gasteiger charge is 2.24. The number of nitrogens with one attached hydrogen (secondary N) is 1. The van der Waals surface area contributed by atoms with E-state index in [9.17, 15) is 9.59 Å². The van der Waals surface area contributed by atoms with Crippen LogP contribution in [0.4, 0.5) is 5.69 Å². The fraction of sp³-hybridized carbons (Fsp3) is 0.267. The highest BCUT2D eigenvalue weighted by atomic mass is 32.2. The number of amides is 1. The summed E-state index contributed by atoms with van der Waals surface area (Å²) in [6.45, 7) is 3.65. The average Bonchev–Trinajstić information content (AvgIpc) is 2.91. The van der Waals surface area contributed by atoms with Crippen molar-refractivity contribution in [3.8, 4) is 0 Å². The van der Waals surface area contributed by atoms with Gasteiger partial charge in [0.1, 0.15) is 0 Å². The number of aryl methyl sites for hydroxylation is 1. The van der Waals surface area contributed by atoms with E-state index >= 15 is 0 Å². The van der Waals surface area contributed by atoms with Gasteiger partial charge in [0.15, 0.2) is 12.4 Å². The minimum atomic E-state index is -0.477. The maximum atomic E-state index is 12.1. The van der Waals surface area contributed by atoms with Gasteiger partial charge in [-0.05, 0) is 32.0 Å². The Hall–Kier alpha value is -2.28. The van der Waals surface area contributed by atoms with Crippen LogP contribution in [-0.2, 0) is 16.1 Å². The summed E-state index contributed by atoms with van der Waals surface area (Å²) in [4.78, 5) is 24.7. The lowest BCUT2D eigenvalue weighted by atomic mass is 10.2. The van der Waals surface area contributed by atoms with E-state index in [2.05, 4.69) is 10.5 Å². The molecule has 3 rings (SSSR count). The maximum absolute atomic E-state index is 12.1. The third-order valence-corrected chi connectivity index (χ3v) is 4.35. The zero-order valence-electron chi connectivity index (χ0n) is 12.1. The number of benzene rings is 1. The standard InChI is InChI=1S/C15H14N2O4S/c1-8-5-11(21-17-8)7-20-15(19)10-3-4-13-12(6-10)16-14(18)9(2)22-13/h3-6,9H,7H2,1-2H3,(H,16,18). The molecule has 1 atom stereocenters. The molecular formula is C15H14N2O4S. The topological polar surface area (TPSA) is 81.4 Å². The van der Waals surface area contributed by atoms with Gasteiger partial charge in [-0.1, -0.05) is 5.16 Å². The van der Waals surface area contributed by atoms with Crippen molar-refractivity contribution in [1.82, 2.24) is 5.16 Å². The maximum Gasteiger partial charge on any atom is 0.338 e. The van der Waals surface area contributed by atoms with Crippen molar-refractivity contribution < 1.29 is 18.8 Å². The molecule has 1 amide bonds. The van der Waals surface area contributed by atoms with Crippen molar-refractivity contribution in [1.29, 1.82) is 0 Å². The number of hydrogen-bond acceptors (Lipinski definition) is 6. The van der Waals surface area contributed by atoms with Gasteiger partial charge in [0.25, 0.3) is 0 Å². The quantitative estimate of drug-likeness (QED) is 0.876. The van der Waals surface area contributed by atoms with Gasteiger partial charge in [0.05, 0.1) is 22.2 Å². The highest BCUT2D eigenvalue weighted by molar-refractivity contribution is 8.00. The molecule has 114 valence electrons. The molecule has 1 aromatic carbocycles. The molecule has 0 bridgehead atoms. The average molecular weight is 318 g/mol. The van der Waals surface area contributed by atoms with Crippen LogP contribution in [0.25, 0.3) is 0 Å². The monoisotopic (exact) mass is 318 g/mol. The normalized spacial score (nSPS) is 16.8. The lowest BCUT2D eigenvalue weighted by Crippen LogP contribution is -2.26. The number of carbonyl (C=O) groups excluding carboxylic acids is 2. The Morgan fingerprint density at radius 2 is 2.27 bits per heavy atom. The Bertz CT molecular complexity index is 741. The number of ether oxygens (including phenoxy) is 1. The van der Waals surface area contributed by atoms with E-state index in [1.807, 2.05) is 13.0 Å². The van der Waals surface area contributed by atoms with E-state index in [0.29, 0.717) is 17.0 Å². The molecule has 1 aliphatic rings. The summed E-state index contributed by atoms with van der Waals surface area (Å²) in [5, 5.41) is 6.37. The molecule has 1 aliphatic heterocycles. The third-order valence-electron chi connectivity index (χ3n) is 3.17. The van der Waals surface area contributed by atoms with Crippen molar-refractivity contribution in [2.45, 2.75) is 30.6 Å². The number of fused-ring (bicyclic) bond motifs is 1. The fourth-order valence-electron chi connectivity index (χ4n) is 2.04. The number of nitrogens with zero attached hydrogens (tertiary/aromatic N) is 1. The highest BCUT2D eigenvalue weighted by Crippen LogP contribution is 2.36. The van der Waals surface area contributed by atoms with Crippen LogP contribution >= 0.6 is 11.8 Å². The first-order valence-electron chi connectivity index (χ1n) is 6.74. The Labute approximate surface area is 131 Å². The minimum Gasteiger partial charge on any atom is -0.454 e. The van der Waals surface area contributed by atoms with Gasteiger partial charge in [0.2, 0.25) is 5.91 Å². The van der Waals surface area contributed by atoms with E-state index in [-0.39, 0.29) is 17.8 Å². The molecule has 1 unspecified atom stereocenters. The first-order chi connectivity index (χ1) is 10.5. The van der Waals surface area contributed by atoms with Crippen LogP contribution in [0.3, 0.4) is 0 Å². The molecule has 0 saturated heterocycles. The second kappa shape index (κ2) is 5.84. The first-order valence-corrected chi connectivity index (χ1v) is 7.62. The number of esters is 1. The molecular weight excluding hydrogens is 304 g/mol. The van der Waals surface area contributed by atoms with Crippen LogP contribution in [0, 0.1) is 6.92 Å². The van der Waals surface area contributed by atoms with Crippen molar-refractivity contribution in [3.05, 3.63) is 41.3 Å². The van der Waals surface area contributed by atoms with Gasteiger partial charge < -0.3 is 14.6 Å². The molecule has 2 heterocycles. The van der Waals surface area contributed by atoms with E-state index in [4.69, 9.17) is 9.26 Å². The van der Waals surface area contributed by atoms with Crippen LogP contribution in [-0.4, -0.2) is 22.3 Å². The van der Waals surface area contributed by atoms with Crippen molar-refractivity contribution in [2.24, 2.45) is 0 Å². The largest absolute Gasteiger partial charge is 0.454 e. The molecule has 0 spiro atoms. The third kappa shape index (κ3) is 2.99. The van der Waals surface area contributed by atoms with E-state index in [0.717, 1.165) is 10.6 Å². The van der Waals surface area contributed by atoms with E-state index in [1.165, 1.54) is 11.8 Å². The summed E-state index contributed by atoms with van der Waals surface area (Å²) < 4.78 is 10.2. The first kappa shape index (κ1) is 14.6. The Morgan fingerprint density at radius 1 is 1.45 bits per heavy atom. The summed E-state index contributed by atoms with van der Waals surface area (Å²) in [5.41, 5.74) is 1.75. The van der Waals surface area contributed by atoms with Crippen molar-refractivity contribution >= 4 is 29.3 Å². The number of rotatable bonds is 3. The molecule has 7 heteroatoms. The molecule has 6 nitrogen and oxygen atoms in total. The minimum absolute atomic E-state index is 0.0227. The Kier molecular flexibility index (Phi) is 3.89. The molecule has 1 aromatic heterocycles. The second-order valence-corrected chi connectivity index (χ2v) is 6.35. The molecule has 0 fully saturated rings. The number of carbonyl (C=O) groups is 2. The van der Waals surface area contributed by atoms with Crippen LogP contribution in [0.1, 0.15) is 28.7 Å². The lowest BCUT2D eigenvalue weighted by molar-refractivity contribution is -0.115. The second-order valence-electron chi connectivity index (χ2n) is 4.97. The van der Waals surface area contributed by atoms with Crippen LogP contribution in [0.15, 0.2) is 33.7 Å². The predicted octanol–water partition coefficient (Wildman–Crippen LogP) is 2.77. The van der Waals surface area contributed by atoms with E-state index in [1.54, 1.807) is 25.1 Å². The lowest BCUT2D eigenvalue weighted by Gasteiger charge is -2.21. The number of thioether (sulfide) groups is 1. The zero-order chi connectivity index (χ0) is 15.7. The molecule has 22 heavy (non-hydrogen) atoms. The molecule has 0 radical (unpaired) electrons. The fourth-order valence-corrected chi connectivity index (χ4v) is 2.97. The van der Waals surface area contributed by atoms with Gasteiger partial charge in [0, 0.05) is 11.0 Å². The molecule has 1 N–H and O–H groups in total. The summed E-state index contributed by atoms with van der Waals surface area (Å²) >= 11 is 1.47. The predicted molar refractivity (Wildman–Crippen MR) is 80.8 cm³/mol. The summed E-state index contributed by atoms with van der Waals surface area (Å²) in [6.07, 6.45) is 0. The van der Waals surface area contributed by atoms with Gasteiger partial charge in [-0.25, -0.2) is 4.79 Å². The Balaban J connectivity index is 1.71. The van der Waals surface area contributed by atoms with Crippen molar-refractivity contribution in [3.63, 3.8) is 0 Å². The molecule has 2 aromatic rings. The van der Waals surface area contributed by atoms with Gasteiger partial charge in [-0.15, -0.1) is 11.8 Å². The SMILES string of the molecule is Cc1cc(COC(=O)c2ccc3c(c2)NC(=O)C(C)S3)on1. The van der Waals surface area contributed by atoms with Gasteiger partial charge in [-0.2, -0.15) is 0 Å². The summed E-state index contributed by atoms with van der Waals surface area (Å²) in [6, 6.07) is 6.83. The molecule has 0 aliphatic carbocycles. The van der Waals surface area contributed by atoms with Crippen LogP contribution in [0.5, 0.6) is 0 Å². The van der Waals surface area contributed by atoms with Crippen LogP contribution < -0.4 is 5.32 Å². The number of hydrogen-bond donors (Lipinski definition) is 1. The van der Waals surface area contributed by atoms with E-state index < -0.39 is 5.97 Å². The number of aromatic nitrogens is 1. The smallest absolute Gasteiger partial charge is 0.338 e. The van der Waals surface area contributed by atoms with Crippen LogP contribution in [0.2, 0.25) is 0 Å². The van der Waals surface area contributed by atoms with Crippen molar-refractivity contribution in [2.75, 3.05) is 5.32 Å². The summed E-state index contributed by atoms with van der Waals surface area (Å²) in [7, 11) is 0. The number of anilines is 1. The van der Waals surface area contributed by atoms with Gasteiger partial charge >= 0.3 is 5.97 Å².